The number of unbranched alkanes of at least 4 members (excludes halogenated alkanes) is 1. The molecule has 0 spiro atoms. The molecule has 45 heavy (non-hydrogen) atoms. The van der Waals surface area contributed by atoms with E-state index in [0.717, 1.165) is 51.2 Å². The van der Waals surface area contributed by atoms with Crippen molar-refractivity contribution in [3.05, 3.63) is 29.8 Å². The number of carbonyl (C=O) groups is 3. The smallest absolute Gasteiger partial charge is 0.315 e. The molecule has 12 nitrogen and oxygen atoms in total. The molecular weight excluding hydrogens is 598 g/mol. The fourth-order valence-electron chi connectivity index (χ4n) is 5.67. The molecule has 3 N–H and O–H groups in total. The Morgan fingerprint density at radius 1 is 0.844 bits per heavy atom. The van der Waals surface area contributed by atoms with Crippen LogP contribution in [0, 0.1) is 6.92 Å². The number of aryl methyl sites for hydroxylation is 1. The van der Waals surface area contributed by atoms with E-state index in [1.54, 1.807) is 0 Å². The molecule has 3 heterocycles. The van der Waals surface area contributed by atoms with Gasteiger partial charge in [0, 0.05) is 55.8 Å². The number of thioether (sulfide) groups is 1. The van der Waals surface area contributed by atoms with Crippen molar-refractivity contribution in [3.8, 4) is 0 Å². The minimum atomic E-state index is -0.0588. The Bertz CT molecular complexity index is 1040. The van der Waals surface area contributed by atoms with Crippen LogP contribution in [0.15, 0.2) is 24.3 Å². The molecular formula is C32H51N5O7S. The number of hydrogen-bond donors (Lipinski definition) is 3. The number of urea groups is 1. The molecule has 0 saturated carbocycles. The van der Waals surface area contributed by atoms with Crippen molar-refractivity contribution in [1.29, 1.82) is 0 Å². The minimum absolute atomic E-state index is 0.0444. The summed E-state index contributed by atoms with van der Waals surface area (Å²) >= 11 is 1.90. The number of ether oxygens (including phenoxy) is 4. The molecule has 3 fully saturated rings. The number of piperazine rings is 1. The van der Waals surface area contributed by atoms with E-state index in [0.29, 0.717) is 77.5 Å². The third kappa shape index (κ3) is 12.6. The highest BCUT2D eigenvalue weighted by Crippen LogP contribution is 2.33. The van der Waals surface area contributed by atoms with Gasteiger partial charge in [-0.05, 0) is 31.9 Å². The first-order valence-corrected chi connectivity index (χ1v) is 17.4. The molecule has 3 saturated heterocycles. The summed E-state index contributed by atoms with van der Waals surface area (Å²) in [5.74, 6) is 1.15. The minimum Gasteiger partial charge on any atom is -0.379 e. The predicted molar refractivity (Wildman–Crippen MR) is 175 cm³/mol. The van der Waals surface area contributed by atoms with E-state index in [-0.39, 0.29) is 29.9 Å². The fourth-order valence-corrected chi connectivity index (χ4v) is 7.22. The van der Waals surface area contributed by atoms with Crippen molar-refractivity contribution >= 4 is 35.3 Å². The van der Waals surface area contributed by atoms with Gasteiger partial charge in [-0.15, -0.1) is 0 Å². The van der Waals surface area contributed by atoms with Crippen LogP contribution in [-0.4, -0.2) is 131 Å². The lowest BCUT2D eigenvalue weighted by Crippen LogP contribution is -2.49. The Balaban J connectivity index is 0.853. The average molecular weight is 650 g/mol. The van der Waals surface area contributed by atoms with Crippen LogP contribution in [0.4, 0.5) is 10.5 Å². The molecule has 0 radical (unpaired) electrons. The second-order valence-electron chi connectivity index (χ2n) is 11.6. The van der Waals surface area contributed by atoms with Gasteiger partial charge >= 0.3 is 6.03 Å². The first-order valence-electron chi connectivity index (χ1n) is 16.4. The first-order chi connectivity index (χ1) is 22.0. The van der Waals surface area contributed by atoms with E-state index in [4.69, 9.17) is 18.9 Å². The van der Waals surface area contributed by atoms with Gasteiger partial charge in [-0.1, -0.05) is 24.1 Å². The second kappa shape index (κ2) is 19.8. The summed E-state index contributed by atoms with van der Waals surface area (Å²) in [6, 6.07) is 8.94. The lowest BCUT2D eigenvalue weighted by Gasteiger charge is -2.36. The average Bonchev–Trinajstić information content (AvgIpc) is 3.60. The zero-order chi connectivity index (χ0) is 31.7. The third-order valence-electron chi connectivity index (χ3n) is 8.26. The highest BCUT2D eigenvalue weighted by atomic mass is 32.2. The molecule has 0 aliphatic carbocycles. The number of benzene rings is 1. The number of nitrogens with one attached hydrogen (secondary N) is 3. The van der Waals surface area contributed by atoms with Gasteiger partial charge in [-0.25, -0.2) is 4.79 Å². The van der Waals surface area contributed by atoms with Crippen LogP contribution in [0.3, 0.4) is 0 Å². The van der Waals surface area contributed by atoms with Crippen molar-refractivity contribution in [3.63, 3.8) is 0 Å². The fraction of sp³-hybridized carbons (Fsp3) is 0.719. The third-order valence-corrected chi connectivity index (χ3v) is 9.77. The van der Waals surface area contributed by atoms with Gasteiger partial charge in [0.2, 0.25) is 11.8 Å². The maximum atomic E-state index is 12.5. The van der Waals surface area contributed by atoms with Gasteiger partial charge in [-0.3, -0.25) is 9.59 Å². The summed E-state index contributed by atoms with van der Waals surface area (Å²) in [6.07, 6.45) is 3.73. The van der Waals surface area contributed by atoms with Crippen molar-refractivity contribution in [2.45, 2.75) is 56.4 Å². The van der Waals surface area contributed by atoms with E-state index in [1.807, 2.05) is 16.7 Å². The van der Waals surface area contributed by atoms with Crippen LogP contribution in [0.25, 0.3) is 0 Å². The zero-order valence-corrected chi connectivity index (χ0v) is 27.5. The van der Waals surface area contributed by atoms with Crippen LogP contribution < -0.4 is 20.9 Å². The maximum absolute atomic E-state index is 12.5. The van der Waals surface area contributed by atoms with E-state index < -0.39 is 0 Å². The highest BCUT2D eigenvalue weighted by Gasteiger charge is 2.42. The van der Waals surface area contributed by atoms with Gasteiger partial charge in [0.1, 0.15) is 0 Å². The number of anilines is 1. The molecule has 1 aromatic carbocycles. The number of fused-ring (bicyclic) bond motifs is 1. The molecule has 1 aromatic rings. The van der Waals surface area contributed by atoms with Gasteiger partial charge < -0.3 is 44.7 Å². The van der Waals surface area contributed by atoms with E-state index in [9.17, 15) is 14.4 Å². The number of rotatable bonds is 21. The molecule has 3 aliphatic heterocycles. The van der Waals surface area contributed by atoms with Gasteiger partial charge in [0.15, 0.2) is 0 Å². The molecule has 3 unspecified atom stereocenters. The van der Waals surface area contributed by atoms with Crippen LogP contribution in [0.1, 0.15) is 37.7 Å². The van der Waals surface area contributed by atoms with Gasteiger partial charge in [-0.2, -0.15) is 11.8 Å². The Morgan fingerprint density at radius 3 is 2.18 bits per heavy atom. The standard InChI is InChI=1S/C32H51N5O7S/c1-25-6-8-26(9-7-25)36-12-14-37(15-13-36)30(39)10-16-41-18-20-43-22-23-44-21-19-42-17-11-33-29(38)5-3-2-4-28-31-27(24-45-28)34-32(40)35-31/h6-9,27-28,31H,2-5,10-24H2,1H3,(H,33,38)(H2,34,35,40). The van der Waals surface area contributed by atoms with E-state index in [2.05, 4.69) is 52.0 Å². The topological polar surface area (TPSA) is 131 Å². The predicted octanol–water partition coefficient (Wildman–Crippen LogP) is 1.94. The Kier molecular flexibility index (Phi) is 15.5. The molecule has 13 heteroatoms. The maximum Gasteiger partial charge on any atom is 0.315 e. The largest absolute Gasteiger partial charge is 0.379 e. The van der Waals surface area contributed by atoms with Crippen molar-refractivity contribution in [2.75, 3.05) is 96.2 Å². The van der Waals surface area contributed by atoms with Crippen LogP contribution in [-0.2, 0) is 28.5 Å². The van der Waals surface area contributed by atoms with Crippen LogP contribution in [0.2, 0.25) is 0 Å². The summed E-state index contributed by atoms with van der Waals surface area (Å²) < 4.78 is 22.1. The Morgan fingerprint density at radius 2 is 1.49 bits per heavy atom. The van der Waals surface area contributed by atoms with Crippen molar-refractivity contribution in [1.82, 2.24) is 20.9 Å². The summed E-state index contributed by atoms with van der Waals surface area (Å²) in [5, 5.41) is 9.29. The summed E-state index contributed by atoms with van der Waals surface area (Å²) in [5.41, 5.74) is 2.46. The summed E-state index contributed by atoms with van der Waals surface area (Å²) in [4.78, 5) is 40.2. The number of nitrogens with zero attached hydrogens (tertiary/aromatic N) is 2. The normalized spacial score (nSPS) is 21.0. The Labute approximate surface area is 271 Å². The molecule has 252 valence electrons. The quantitative estimate of drug-likeness (QED) is 0.135. The molecule has 4 rings (SSSR count). The Hall–Kier alpha value is -2.58. The zero-order valence-electron chi connectivity index (χ0n) is 26.6. The van der Waals surface area contributed by atoms with Crippen molar-refractivity contribution < 1.29 is 33.3 Å². The number of amides is 4. The van der Waals surface area contributed by atoms with Gasteiger partial charge in [0.05, 0.1) is 71.4 Å². The number of carbonyl (C=O) groups excluding carboxylic acids is 3. The van der Waals surface area contributed by atoms with E-state index in [1.165, 1.54) is 11.3 Å². The SMILES string of the molecule is Cc1ccc(N2CCN(C(=O)CCOCCOCCOCCOCCNC(=O)CCCCC3SCC4NC(=O)NC43)CC2)cc1. The lowest BCUT2D eigenvalue weighted by atomic mass is 10.0. The summed E-state index contributed by atoms with van der Waals surface area (Å²) in [6.45, 7) is 9.35. The van der Waals surface area contributed by atoms with E-state index >= 15 is 0 Å². The molecule has 3 atom stereocenters. The molecule has 0 bridgehead atoms. The van der Waals surface area contributed by atoms with Crippen LogP contribution in [0.5, 0.6) is 0 Å². The lowest BCUT2D eigenvalue weighted by molar-refractivity contribution is -0.132. The summed E-state index contributed by atoms with van der Waals surface area (Å²) in [7, 11) is 0. The molecule has 3 aliphatic rings. The van der Waals surface area contributed by atoms with Crippen LogP contribution >= 0.6 is 11.8 Å². The first kappa shape index (κ1) is 35.3. The number of hydrogen-bond acceptors (Lipinski definition) is 9. The van der Waals surface area contributed by atoms with Gasteiger partial charge in [0.25, 0.3) is 0 Å². The van der Waals surface area contributed by atoms with Crippen molar-refractivity contribution in [2.24, 2.45) is 0 Å². The monoisotopic (exact) mass is 649 g/mol. The highest BCUT2D eigenvalue weighted by molar-refractivity contribution is 8.00. The molecule has 0 aromatic heterocycles. The molecule has 4 amide bonds. The second-order valence-corrected chi connectivity index (χ2v) is 12.9.